The first kappa shape index (κ1) is 19.1. The topological polar surface area (TPSA) is 87.5 Å². The van der Waals surface area contributed by atoms with E-state index in [0.717, 1.165) is 31.7 Å². The van der Waals surface area contributed by atoms with Gasteiger partial charge in [-0.2, -0.15) is 0 Å². The number of nitrogens with one attached hydrogen (secondary N) is 2. The molecule has 1 aromatic carbocycles. The van der Waals surface area contributed by atoms with Gasteiger partial charge in [-0.15, -0.1) is 0 Å². The monoisotopic (exact) mass is 352 g/mol. The molecule has 1 amide bonds. The van der Waals surface area contributed by atoms with Gasteiger partial charge in [-0.25, -0.2) is 4.39 Å². The van der Waals surface area contributed by atoms with Crippen molar-refractivity contribution in [2.24, 2.45) is 0 Å². The highest BCUT2D eigenvalue weighted by molar-refractivity contribution is 5.92. The number of nitro groups is 1. The van der Waals surface area contributed by atoms with E-state index in [1.54, 1.807) is 0 Å². The Balaban J connectivity index is 2.26. The number of anilines is 2. The smallest absolute Gasteiger partial charge is 0.295 e. The number of benzene rings is 1. The van der Waals surface area contributed by atoms with Gasteiger partial charge in [0.25, 0.3) is 5.69 Å². The average molecular weight is 352 g/mol. The maximum Gasteiger partial charge on any atom is 0.295 e. The van der Waals surface area contributed by atoms with Gasteiger partial charge in [0, 0.05) is 19.0 Å². The van der Waals surface area contributed by atoms with Gasteiger partial charge in [0.2, 0.25) is 5.91 Å². The van der Waals surface area contributed by atoms with Gasteiger partial charge < -0.3 is 15.5 Å². The lowest BCUT2D eigenvalue weighted by Gasteiger charge is -2.43. The molecule has 0 radical (unpaired) electrons. The summed E-state index contributed by atoms with van der Waals surface area (Å²) >= 11 is 0. The number of hydrogen-bond acceptors (Lipinski definition) is 5. The minimum atomic E-state index is -0.708. The summed E-state index contributed by atoms with van der Waals surface area (Å²) in [5.41, 5.74) is -0.385. The number of carbonyl (C=O) groups excluding carboxylic acids is 1. The molecule has 2 rings (SSSR count). The molecule has 1 fully saturated rings. The zero-order chi connectivity index (χ0) is 18.6. The molecule has 0 atom stereocenters. The van der Waals surface area contributed by atoms with Gasteiger partial charge >= 0.3 is 0 Å². The lowest BCUT2D eigenvalue weighted by molar-refractivity contribution is -0.384. The summed E-state index contributed by atoms with van der Waals surface area (Å²) in [6.45, 7) is 1.79. The van der Waals surface area contributed by atoms with E-state index in [4.69, 9.17) is 0 Å². The molecule has 0 unspecified atom stereocenters. The summed E-state index contributed by atoms with van der Waals surface area (Å²) in [6.07, 6.45) is 5.48. The van der Waals surface area contributed by atoms with Crippen LogP contribution >= 0.6 is 0 Å². The molecule has 0 saturated heterocycles. The van der Waals surface area contributed by atoms with Crippen LogP contribution in [0, 0.1) is 15.9 Å². The van der Waals surface area contributed by atoms with Gasteiger partial charge in [-0.3, -0.25) is 14.9 Å². The number of rotatable bonds is 6. The molecule has 1 aromatic rings. The molecule has 1 saturated carbocycles. The molecule has 7 nitrogen and oxygen atoms in total. The largest absolute Gasteiger partial charge is 0.381 e. The van der Waals surface area contributed by atoms with Crippen LogP contribution in [0.4, 0.5) is 21.5 Å². The molecule has 0 spiro atoms. The van der Waals surface area contributed by atoms with Gasteiger partial charge in [0.15, 0.2) is 5.82 Å². The summed E-state index contributed by atoms with van der Waals surface area (Å²) < 4.78 is 14.3. The van der Waals surface area contributed by atoms with Gasteiger partial charge in [-0.1, -0.05) is 19.3 Å². The fourth-order valence-corrected chi connectivity index (χ4v) is 3.39. The third-order valence-corrected chi connectivity index (χ3v) is 4.93. The lowest BCUT2D eigenvalue weighted by atomic mass is 9.80. The van der Waals surface area contributed by atoms with E-state index in [1.807, 2.05) is 14.1 Å². The normalized spacial score (nSPS) is 16.5. The Kier molecular flexibility index (Phi) is 5.94. The predicted molar refractivity (Wildman–Crippen MR) is 95.4 cm³/mol. The predicted octanol–water partition coefficient (Wildman–Crippen LogP) is 3.37. The fraction of sp³-hybridized carbons (Fsp3) is 0.588. The Morgan fingerprint density at radius 2 is 1.92 bits per heavy atom. The molecule has 8 heteroatoms. The Morgan fingerprint density at radius 1 is 1.28 bits per heavy atom. The van der Waals surface area contributed by atoms with Crippen LogP contribution in [0.5, 0.6) is 0 Å². The Bertz CT molecular complexity index is 658. The third kappa shape index (κ3) is 4.45. The van der Waals surface area contributed by atoms with Crippen molar-refractivity contribution in [3.8, 4) is 0 Å². The number of nitro benzene ring substituents is 1. The third-order valence-electron chi connectivity index (χ3n) is 4.93. The van der Waals surface area contributed by atoms with E-state index >= 15 is 0 Å². The molecule has 0 aromatic heterocycles. The number of likely N-dealkylation sites (N-methyl/N-ethyl adjacent to an activating group) is 1. The second-order valence-corrected chi connectivity index (χ2v) is 6.82. The quantitative estimate of drug-likeness (QED) is 0.605. The summed E-state index contributed by atoms with van der Waals surface area (Å²) in [6, 6.07) is 2.14. The van der Waals surface area contributed by atoms with Crippen molar-refractivity contribution in [1.29, 1.82) is 0 Å². The SMILES string of the molecule is CC(=O)Nc1cc(NCC2(N(C)C)CCCCC2)c(F)cc1[N+](=O)[O-]. The molecule has 1 aliphatic carbocycles. The minimum absolute atomic E-state index is 0.0102. The van der Waals surface area contributed by atoms with Crippen LogP contribution in [0.15, 0.2) is 12.1 Å². The van der Waals surface area contributed by atoms with Gasteiger partial charge in [-0.05, 0) is 33.0 Å². The highest BCUT2D eigenvalue weighted by atomic mass is 19.1. The number of hydrogen-bond donors (Lipinski definition) is 2. The van der Waals surface area contributed by atoms with E-state index in [2.05, 4.69) is 15.5 Å². The van der Waals surface area contributed by atoms with Crippen LogP contribution in [0.1, 0.15) is 39.0 Å². The summed E-state index contributed by atoms with van der Waals surface area (Å²) in [7, 11) is 4.03. The van der Waals surface area contributed by atoms with E-state index in [-0.39, 0.29) is 16.9 Å². The Morgan fingerprint density at radius 3 is 2.44 bits per heavy atom. The number of nitrogens with zero attached hydrogens (tertiary/aromatic N) is 2. The number of carbonyl (C=O) groups is 1. The van der Waals surface area contributed by atoms with Crippen LogP contribution in [0.25, 0.3) is 0 Å². The van der Waals surface area contributed by atoms with Crippen LogP contribution < -0.4 is 10.6 Å². The van der Waals surface area contributed by atoms with Gasteiger partial charge in [0.05, 0.1) is 16.7 Å². The molecule has 0 heterocycles. The van der Waals surface area contributed by atoms with Crippen molar-refractivity contribution < 1.29 is 14.1 Å². The Hall–Kier alpha value is -2.22. The van der Waals surface area contributed by atoms with Crippen molar-refractivity contribution >= 4 is 23.0 Å². The molecule has 25 heavy (non-hydrogen) atoms. The van der Waals surface area contributed by atoms with E-state index in [1.165, 1.54) is 19.4 Å². The van der Waals surface area contributed by atoms with Crippen LogP contribution in [0.3, 0.4) is 0 Å². The van der Waals surface area contributed by atoms with E-state index in [9.17, 15) is 19.3 Å². The summed E-state index contributed by atoms with van der Waals surface area (Å²) in [4.78, 5) is 23.8. The molecule has 0 aliphatic heterocycles. The molecule has 138 valence electrons. The molecular weight excluding hydrogens is 327 g/mol. The van der Waals surface area contributed by atoms with Crippen molar-refractivity contribution in [2.45, 2.75) is 44.6 Å². The van der Waals surface area contributed by atoms with Crippen molar-refractivity contribution in [3.05, 3.63) is 28.1 Å². The van der Waals surface area contributed by atoms with Crippen LogP contribution in [-0.4, -0.2) is 41.9 Å². The van der Waals surface area contributed by atoms with Crippen molar-refractivity contribution in [3.63, 3.8) is 0 Å². The van der Waals surface area contributed by atoms with Crippen LogP contribution in [0.2, 0.25) is 0 Å². The standard InChI is InChI=1S/C17H25FN4O3/c1-12(23)20-15-10-14(13(18)9-16(15)22(24)25)19-11-17(21(2)3)7-5-4-6-8-17/h9-10,19H,4-8,11H2,1-3H3,(H,20,23). The second kappa shape index (κ2) is 7.77. The first-order chi connectivity index (χ1) is 11.7. The first-order valence-corrected chi connectivity index (χ1v) is 8.42. The average Bonchev–Trinajstić information content (AvgIpc) is 2.55. The van der Waals surface area contributed by atoms with Crippen molar-refractivity contribution in [1.82, 2.24) is 4.90 Å². The Labute approximate surface area is 146 Å². The number of halogens is 1. The number of amides is 1. The van der Waals surface area contributed by atoms with Crippen molar-refractivity contribution in [2.75, 3.05) is 31.3 Å². The zero-order valence-corrected chi connectivity index (χ0v) is 14.9. The van der Waals surface area contributed by atoms with Gasteiger partial charge in [0.1, 0.15) is 5.69 Å². The second-order valence-electron chi connectivity index (χ2n) is 6.82. The minimum Gasteiger partial charge on any atom is -0.381 e. The first-order valence-electron chi connectivity index (χ1n) is 8.42. The summed E-state index contributed by atoms with van der Waals surface area (Å²) in [5.74, 6) is -1.15. The maximum absolute atomic E-state index is 14.3. The lowest BCUT2D eigenvalue weighted by Crippen LogP contribution is -2.51. The molecular formula is C17H25FN4O3. The molecule has 1 aliphatic rings. The summed E-state index contributed by atoms with van der Waals surface area (Å²) in [5, 5.41) is 16.6. The van der Waals surface area contributed by atoms with E-state index in [0.29, 0.717) is 6.54 Å². The maximum atomic E-state index is 14.3. The van der Waals surface area contributed by atoms with Crippen LogP contribution in [-0.2, 0) is 4.79 Å². The zero-order valence-electron chi connectivity index (χ0n) is 14.9. The highest BCUT2D eigenvalue weighted by Crippen LogP contribution is 2.34. The highest BCUT2D eigenvalue weighted by Gasteiger charge is 2.34. The fourth-order valence-electron chi connectivity index (χ4n) is 3.39. The molecule has 0 bridgehead atoms. The molecule has 2 N–H and O–H groups in total. The van der Waals surface area contributed by atoms with E-state index < -0.39 is 22.3 Å².